The zero-order valence-electron chi connectivity index (χ0n) is 10.3. The van der Waals surface area contributed by atoms with E-state index in [9.17, 15) is 5.11 Å². The fourth-order valence-corrected chi connectivity index (χ4v) is 2.28. The van der Waals surface area contributed by atoms with Crippen molar-refractivity contribution in [3.05, 3.63) is 11.9 Å². The van der Waals surface area contributed by atoms with E-state index in [1.165, 1.54) is 11.8 Å². The van der Waals surface area contributed by atoms with E-state index in [4.69, 9.17) is 5.11 Å². The molecule has 4 nitrogen and oxygen atoms in total. The summed E-state index contributed by atoms with van der Waals surface area (Å²) in [6, 6.07) is 0. The van der Waals surface area contributed by atoms with Crippen LogP contribution in [0.25, 0.3) is 0 Å². The molecule has 16 heavy (non-hydrogen) atoms. The molecule has 0 bridgehead atoms. The summed E-state index contributed by atoms with van der Waals surface area (Å²) in [5.74, 6) is 0.804. The van der Waals surface area contributed by atoms with E-state index in [0.717, 1.165) is 10.9 Å². The predicted octanol–water partition coefficient (Wildman–Crippen LogP) is 1.41. The summed E-state index contributed by atoms with van der Waals surface area (Å²) >= 11 is 1.51. The van der Waals surface area contributed by atoms with Gasteiger partial charge in [0.25, 0.3) is 0 Å². The number of nitrogens with zero attached hydrogens (tertiary/aromatic N) is 2. The summed E-state index contributed by atoms with van der Waals surface area (Å²) in [5.41, 5.74) is 0.0856. The van der Waals surface area contributed by atoms with Crippen molar-refractivity contribution < 1.29 is 10.2 Å². The van der Waals surface area contributed by atoms with Crippen LogP contribution in [0, 0.1) is 5.92 Å². The Bertz CT molecular complexity index is 348. The van der Waals surface area contributed by atoms with E-state index in [0.29, 0.717) is 5.75 Å². The number of rotatable bonds is 5. The molecule has 1 heterocycles. The van der Waals surface area contributed by atoms with Gasteiger partial charge in [-0.1, -0.05) is 25.6 Å². The third-order valence-corrected chi connectivity index (χ3v) is 4.31. The summed E-state index contributed by atoms with van der Waals surface area (Å²) < 4.78 is 1.85. The first-order valence-corrected chi connectivity index (χ1v) is 6.33. The summed E-state index contributed by atoms with van der Waals surface area (Å²) in [5, 5.41) is 20.0. The molecule has 1 rings (SSSR count). The fourth-order valence-electron chi connectivity index (χ4n) is 1.08. The normalized spacial score (nSPS) is 15.4. The first-order chi connectivity index (χ1) is 7.38. The standard InChI is InChI=1S/C11H20N2O2S/c1-8(2)11(3,15)7-16-10-12-5-9(6-14)13(10)4/h5,8,14-15H,6-7H2,1-4H3. The maximum absolute atomic E-state index is 10.1. The monoisotopic (exact) mass is 244 g/mol. The largest absolute Gasteiger partial charge is 0.390 e. The molecule has 0 amide bonds. The number of aromatic nitrogens is 2. The summed E-state index contributed by atoms with van der Waals surface area (Å²) in [7, 11) is 1.87. The molecule has 1 unspecified atom stereocenters. The molecule has 1 aromatic rings. The first-order valence-electron chi connectivity index (χ1n) is 5.35. The van der Waals surface area contributed by atoms with Crippen LogP contribution in [-0.4, -0.2) is 31.1 Å². The summed E-state index contributed by atoms with van der Waals surface area (Å²) in [6.07, 6.45) is 1.66. The minimum absolute atomic E-state index is 0.00929. The van der Waals surface area contributed by atoms with Crippen LogP contribution in [0.5, 0.6) is 0 Å². The first kappa shape index (κ1) is 13.5. The van der Waals surface area contributed by atoms with Gasteiger partial charge in [-0.2, -0.15) is 0 Å². The highest BCUT2D eigenvalue weighted by Crippen LogP contribution is 2.26. The molecule has 0 aromatic carbocycles. The van der Waals surface area contributed by atoms with Gasteiger partial charge in [0.15, 0.2) is 5.16 Å². The molecular formula is C11H20N2O2S. The molecule has 1 aromatic heterocycles. The van der Waals surface area contributed by atoms with Gasteiger partial charge in [-0.15, -0.1) is 0 Å². The van der Waals surface area contributed by atoms with Crippen molar-refractivity contribution in [1.29, 1.82) is 0 Å². The van der Waals surface area contributed by atoms with Gasteiger partial charge in [-0.25, -0.2) is 4.98 Å². The van der Waals surface area contributed by atoms with E-state index < -0.39 is 5.60 Å². The lowest BCUT2D eigenvalue weighted by Gasteiger charge is -2.26. The van der Waals surface area contributed by atoms with Crippen LogP contribution in [0.3, 0.4) is 0 Å². The van der Waals surface area contributed by atoms with Gasteiger partial charge in [0.2, 0.25) is 0 Å². The number of aliphatic hydroxyl groups excluding tert-OH is 1. The molecule has 2 N–H and O–H groups in total. The number of hydrogen-bond donors (Lipinski definition) is 2. The molecule has 0 saturated carbocycles. The Morgan fingerprint density at radius 3 is 2.62 bits per heavy atom. The van der Waals surface area contributed by atoms with Gasteiger partial charge in [0.1, 0.15) is 0 Å². The quantitative estimate of drug-likeness (QED) is 0.769. The molecule has 92 valence electrons. The zero-order chi connectivity index (χ0) is 12.3. The second-order valence-corrected chi connectivity index (χ2v) is 5.49. The molecule has 0 aliphatic carbocycles. The van der Waals surface area contributed by atoms with E-state index >= 15 is 0 Å². The van der Waals surface area contributed by atoms with E-state index in [2.05, 4.69) is 4.98 Å². The summed E-state index contributed by atoms with van der Waals surface area (Å²) in [6.45, 7) is 5.82. The van der Waals surface area contributed by atoms with Gasteiger partial charge in [0.05, 0.1) is 24.1 Å². The van der Waals surface area contributed by atoms with Crippen molar-refractivity contribution in [2.75, 3.05) is 5.75 Å². The Balaban J connectivity index is 2.65. The van der Waals surface area contributed by atoms with Crippen molar-refractivity contribution in [3.63, 3.8) is 0 Å². The molecule has 0 fully saturated rings. The average Bonchev–Trinajstić information content (AvgIpc) is 2.56. The second-order valence-electron chi connectivity index (χ2n) is 4.55. The van der Waals surface area contributed by atoms with Gasteiger partial charge in [-0.3, -0.25) is 0 Å². The third kappa shape index (κ3) is 2.99. The Kier molecular flexibility index (Phi) is 4.41. The van der Waals surface area contributed by atoms with Crippen LogP contribution in [0.2, 0.25) is 0 Å². The zero-order valence-corrected chi connectivity index (χ0v) is 11.1. The molecule has 5 heteroatoms. The highest BCUT2D eigenvalue weighted by Gasteiger charge is 2.25. The predicted molar refractivity (Wildman–Crippen MR) is 65.3 cm³/mol. The Morgan fingerprint density at radius 1 is 1.56 bits per heavy atom. The summed E-state index contributed by atoms with van der Waals surface area (Å²) in [4.78, 5) is 4.20. The van der Waals surface area contributed by atoms with Crippen LogP contribution < -0.4 is 0 Å². The molecule has 0 spiro atoms. The lowest BCUT2D eigenvalue weighted by molar-refractivity contribution is 0.0376. The number of aliphatic hydroxyl groups is 2. The molecule has 0 saturated heterocycles. The number of hydrogen-bond acceptors (Lipinski definition) is 4. The molecule has 0 aliphatic heterocycles. The van der Waals surface area contributed by atoms with Crippen LogP contribution in [0.4, 0.5) is 0 Å². The number of imidazole rings is 1. The van der Waals surface area contributed by atoms with Gasteiger partial charge < -0.3 is 14.8 Å². The van der Waals surface area contributed by atoms with E-state index in [1.807, 2.05) is 32.4 Å². The second kappa shape index (κ2) is 5.21. The van der Waals surface area contributed by atoms with Gasteiger partial charge in [-0.05, 0) is 12.8 Å². The highest BCUT2D eigenvalue weighted by molar-refractivity contribution is 7.99. The van der Waals surface area contributed by atoms with E-state index in [1.54, 1.807) is 6.20 Å². The fraction of sp³-hybridized carbons (Fsp3) is 0.727. The lowest BCUT2D eigenvalue weighted by atomic mass is 9.95. The van der Waals surface area contributed by atoms with Crippen molar-refractivity contribution in [2.24, 2.45) is 13.0 Å². The minimum atomic E-state index is -0.698. The molecule has 0 aliphatic rings. The smallest absolute Gasteiger partial charge is 0.168 e. The van der Waals surface area contributed by atoms with Crippen LogP contribution in [-0.2, 0) is 13.7 Å². The van der Waals surface area contributed by atoms with Crippen LogP contribution in [0.15, 0.2) is 11.4 Å². The van der Waals surface area contributed by atoms with Crippen molar-refractivity contribution in [3.8, 4) is 0 Å². The van der Waals surface area contributed by atoms with Crippen LogP contribution >= 0.6 is 11.8 Å². The van der Waals surface area contributed by atoms with Crippen molar-refractivity contribution in [2.45, 2.75) is 38.1 Å². The van der Waals surface area contributed by atoms with Gasteiger partial charge in [0, 0.05) is 12.8 Å². The molecular weight excluding hydrogens is 224 g/mol. The Labute approximate surface area is 101 Å². The maximum atomic E-state index is 10.1. The van der Waals surface area contributed by atoms with E-state index in [-0.39, 0.29) is 12.5 Å². The molecule has 1 atom stereocenters. The Morgan fingerprint density at radius 2 is 2.19 bits per heavy atom. The Hall–Kier alpha value is -0.520. The average molecular weight is 244 g/mol. The SMILES string of the molecule is CC(C)C(C)(O)CSc1ncc(CO)n1C. The third-order valence-electron chi connectivity index (χ3n) is 2.94. The molecule has 0 radical (unpaired) electrons. The highest BCUT2D eigenvalue weighted by atomic mass is 32.2. The minimum Gasteiger partial charge on any atom is -0.390 e. The van der Waals surface area contributed by atoms with Crippen LogP contribution in [0.1, 0.15) is 26.5 Å². The maximum Gasteiger partial charge on any atom is 0.168 e. The lowest BCUT2D eigenvalue weighted by Crippen LogP contribution is -2.33. The topological polar surface area (TPSA) is 58.3 Å². The number of thioether (sulfide) groups is 1. The van der Waals surface area contributed by atoms with Crippen molar-refractivity contribution >= 4 is 11.8 Å². The van der Waals surface area contributed by atoms with Gasteiger partial charge >= 0.3 is 0 Å². The van der Waals surface area contributed by atoms with Crippen molar-refractivity contribution in [1.82, 2.24) is 9.55 Å².